The molecule has 2 N–H and O–H groups in total. The first-order valence-corrected chi connectivity index (χ1v) is 7.44. The number of hydrogen-bond donors (Lipinski definition) is 2. The molecule has 0 saturated carbocycles. The predicted molar refractivity (Wildman–Crippen MR) is 88.9 cm³/mol. The Bertz CT molecular complexity index is 696. The summed E-state index contributed by atoms with van der Waals surface area (Å²) in [6.07, 6.45) is 1.34. The molecule has 1 heterocycles. The third-order valence-electron chi connectivity index (χ3n) is 3.13. The molecule has 0 spiro atoms. The van der Waals surface area contributed by atoms with Crippen molar-refractivity contribution in [2.45, 2.75) is 20.8 Å². The van der Waals surface area contributed by atoms with Crippen LogP contribution in [0.2, 0.25) is 0 Å². The molecule has 0 aliphatic carbocycles. The second-order valence-electron chi connectivity index (χ2n) is 5.65. The van der Waals surface area contributed by atoms with Crippen LogP contribution in [0.5, 0.6) is 0 Å². The van der Waals surface area contributed by atoms with E-state index in [1.807, 2.05) is 13.8 Å². The van der Waals surface area contributed by atoms with E-state index in [-0.39, 0.29) is 11.7 Å². The van der Waals surface area contributed by atoms with Gasteiger partial charge in [0.05, 0.1) is 0 Å². The molecule has 1 aromatic heterocycles. The zero-order chi connectivity index (χ0) is 16.8. The zero-order valence-electron chi connectivity index (χ0n) is 13.5. The van der Waals surface area contributed by atoms with Gasteiger partial charge < -0.3 is 10.6 Å². The molecular formula is C17H20N4O2. The lowest BCUT2D eigenvalue weighted by molar-refractivity contribution is 0.0943. The molecule has 0 saturated heterocycles. The molecule has 1 amide bonds. The average molecular weight is 312 g/mol. The van der Waals surface area contributed by atoms with E-state index in [2.05, 4.69) is 20.6 Å². The Labute approximate surface area is 135 Å². The summed E-state index contributed by atoms with van der Waals surface area (Å²) in [4.78, 5) is 31.4. The number of hydrogen-bond acceptors (Lipinski definition) is 5. The molecule has 0 bridgehead atoms. The van der Waals surface area contributed by atoms with Crippen LogP contribution < -0.4 is 10.6 Å². The fourth-order valence-corrected chi connectivity index (χ4v) is 1.87. The van der Waals surface area contributed by atoms with Gasteiger partial charge in [-0.3, -0.25) is 9.59 Å². The van der Waals surface area contributed by atoms with E-state index >= 15 is 0 Å². The lowest BCUT2D eigenvalue weighted by Crippen LogP contribution is -2.28. The summed E-state index contributed by atoms with van der Waals surface area (Å²) in [6.45, 7) is 6.17. The summed E-state index contributed by atoms with van der Waals surface area (Å²) in [6, 6.07) is 8.65. The van der Waals surface area contributed by atoms with Gasteiger partial charge in [-0.25, -0.2) is 9.97 Å². The quantitative estimate of drug-likeness (QED) is 0.801. The SMILES string of the molecule is CC(=O)c1ccc(Nc2cc(C(=O)NCC(C)C)ncn2)cc1. The number of amides is 1. The summed E-state index contributed by atoms with van der Waals surface area (Å²) in [5.74, 6) is 0.683. The van der Waals surface area contributed by atoms with E-state index < -0.39 is 0 Å². The molecule has 0 aliphatic heterocycles. The first-order chi connectivity index (χ1) is 11.0. The minimum Gasteiger partial charge on any atom is -0.350 e. The van der Waals surface area contributed by atoms with Gasteiger partial charge in [-0.15, -0.1) is 0 Å². The van der Waals surface area contributed by atoms with Crippen LogP contribution in [-0.4, -0.2) is 28.2 Å². The van der Waals surface area contributed by atoms with Gasteiger partial charge in [-0.1, -0.05) is 13.8 Å². The fourth-order valence-electron chi connectivity index (χ4n) is 1.87. The Balaban J connectivity index is 2.07. The Morgan fingerprint density at radius 2 is 1.83 bits per heavy atom. The predicted octanol–water partition coefficient (Wildman–Crippen LogP) is 2.81. The average Bonchev–Trinajstić information content (AvgIpc) is 2.53. The van der Waals surface area contributed by atoms with Crippen LogP contribution in [0.15, 0.2) is 36.7 Å². The monoisotopic (exact) mass is 312 g/mol. The number of rotatable bonds is 6. The maximum Gasteiger partial charge on any atom is 0.270 e. The number of carbonyl (C=O) groups is 2. The van der Waals surface area contributed by atoms with E-state index in [4.69, 9.17) is 0 Å². The second-order valence-corrected chi connectivity index (χ2v) is 5.65. The Hall–Kier alpha value is -2.76. The van der Waals surface area contributed by atoms with Crippen molar-refractivity contribution in [1.29, 1.82) is 0 Å². The largest absolute Gasteiger partial charge is 0.350 e. The summed E-state index contributed by atoms with van der Waals surface area (Å²) < 4.78 is 0. The molecule has 23 heavy (non-hydrogen) atoms. The van der Waals surface area contributed by atoms with Crippen LogP contribution in [-0.2, 0) is 0 Å². The summed E-state index contributed by atoms with van der Waals surface area (Å²) in [5.41, 5.74) is 1.73. The van der Waals surface area contributed by atoms with E-state index in [1.165, 1.54) is 13.3 Å². The van der Waals surface area contributed by atoms with Gasteiger partial charge in [0.25, 0.3) is 5.91 Å². The van der Waals surface area contributed by atoms with Crippen molar-refractivity contribution in [3.8, 4) is 0 Å². The van der Waals surface area contributed by atoms with Gasteiger partial charge in [0.1, 0.15) is 17.8 Å². The Morgan fingerprint density at radius 1 is 1.13 bits per heavy atom. The lowest BCUT2D eigenvalue weighted by atomic mass is 10.1. The van der Waals surface area contributed by atoms with Crippen molar-refractivity contribution in [1.82, 2.24) is 15.3 Å². The van der Waals surface area contributed by atoms with Crippen molar-refractivity contribution in [2.24, 2.45) is 5.92 Å². The molecule has 0 radical (unpaired) electrons. The molecule has 2 rings (SSSR count). The van der Waals surface area contributed by atoms with Crippen LogP contribution in [0.4, 0.5) is 11.5 Å². The van der Waals surface area contributed by atoms with Crippen LogP contribution >= 0.6 is 0 Å². The maximum absolute atomic E-state index is 12.0. The highest BCUT2D eigenvalue weighted by Gasteiger charge is 2.09. The Kier molecular flexibility index (Phi) is 5.41. The van der Waals surface area contributed by atoms with Gasteiger partial charge in [0.15, 0.2) is 5.78 Å². The fraction of sp³-hybridized carbons (Fsp3) is 0.294. The molecule has 0 atom stereocenters. The lowest BCUT2D eigenvalue weighted by Gasteiger charge is -2.09. The highest BCUT2D eigenvalue weighted by Crippen LogP contribution is 2.15. The number of aromatic nitrogens is 2. The molecule has 6 heteroatoms. The van der Waals surface area contributed by atoms with Crippen LogP contribution in [0, 0.1) is 5.92 Å². The molecule has 0 fully saturated rings. The van der Waals surface area contributed by atoms with Gasteiger partial charge >= 0.3 is 0 Å². The van der Waals surface area contributed by atoms with Crippen molar-refractivity contribution in [3.05, 3.63) is 47.9 Å². The van der Waals surface area contributed by atoms with Gasteiger partial charge in [0.2, 0.25) is 0 Å². The molecule has 0 unspecified atom stereocenters. The molecule has 0 aliphatic rings. The van der Waals surface area contributed by atoms with Crippen molar-refractivity contribution < 1.29 is 9.59 Å². The highest BCUT2D eigenvalue weighted by molar-refractivity contribution is 5.94. The van der Waals surface area contributed by atoms with Crippen molar-refractivity contribution in [2.75, 3.05) is 11.9 Å². The molecule has 120 valence electrons. The molecule has 6 nitrogen and oxygen atoms in total. The number of nitrogens with one attached hydrogen (secondary N) is 2. The van der Waals surface area contributed by atoms with Crippen LogP contribution in [0.1, 0.15) is 41.6 Å². The minimum atomic E-state index is -0.226. The molecule has 1 aromatic carbocycles. The summed E-state index contributed by atoms with van der Waals surface area (Å²) in [5, 5.41) is 5.90. The third-order valence-corrected chi connectivity index (χ3v) is 3.13. The zero-order valence-corrected chi connectivity index (χ0v) is 13.5. The smallest absolute Gasteiger partial charge is 0.270 e. The van der Waals surface area contributed by atoms with Crippen LogP contribution in [0.3, 0.4) is 0 Å². The number of nitrogens with zero attached hydrogens (tertiary/aromatic N) is 2. The maximum atomic E-state index is 12.0. The van der Waals surface area contributed by atoms with Gasteiger partial charge in [0, 0.05) is 23.9 Å². The minimum absolute atomic E-state index is 0.0164. The second kappa shape index (κ2) is 7.49. The third kappa shape index (κ3) is 4.88. The topological polar surface area (TPSA) is 84.0 Å². The summed E-state index contributed by atoms with van der Waals surface area (Å²) in [7, 11) is 0. The van der Waals surface area contributed by atoms with E-state index in [0.29, 0.717) is 29.5 Å². The first-order valence-electron chi connectivity index (χ1n) is 7.44. The Morgan fingerprint density at radius 3 is 2.43 bits per heavy atom. The molecule has 2 aromatic rings. The van der Waals surface area contributed by atoms with Crippen LogP contribution in [0.25, 0.3) is 0 Å². The summed E-state index contributed by atoms with van der Waals surface area (Å²) >= 11 is 0. The molecular weight excluding hydrogens is 292 g/mol. The van der Waals surface area contributed by atoms with Gasteiger partial charge in [-0.05, 0) is 37.1 Å². The first kappa shape index (κ1) is 16.6. The highest BCUT2D eigenvalue weighted by atomic mass is 16.1. The van der Waals surface area contributed by atoms with E-state index in [1.54, 1.807) is 30.3 Å². The number of Topliss-reactive ketones (excluding diaryl/α,β-unsaturated/α-hetero) is 1. The van der Waals surface area contributed by atoms with E-state index in [0.717, 1.165) is 5.69 Å². The van der Waals surface area contributed by atoms with Crippen molar-refractivity contribution in [3.63, 3.8) is 0 Å². The standard InChI is InChI=1S/C17H20N4O2/c1-11(2)9-18-17(23)15-8-16(20-10-19-15)21-14-6-4-13(5-7-14)12(3)22/h4-8,10-11H,9H2,1-3H3,(H,18,23)(H,19,20,21). The normalized spacial score (nSPS) is 10.4. The van der Waals surface area contributed by atoms with Gasteiger partial charge in [-0.2, -0.15) is 0 Å². The number of ketones is 1. The van der Waals surface area contributed by atoms with E-state index in [9.17, 15) is 9.59 Å². The van der Waals surface area contributed by atoms with Crippen molar-refractivity contribution >= 4 is 23.2 Å². The number of benzene rings is 1. The number of anilines is 2. The number of carbonyl (C=O) groups excluding carboxylic acids is 2.